The van der Waals surface area contributed by atoms with Gasteiger partial charge in [-0.2, -0.15) is 0 Å². The van der Waals surface area contributed by atoms with Crippen LogP contribution in [0.25, 0.3) is 0 Å². The second-order valence-corrected chi connectivity index (χ2v) is 6.68. The number of rotatable bonds is 10. The Morgan fingerprint density at radius 2 is 1.57 bits per heavy atom. The van der Waals surface area contributed by atoms with Crippen LogP contribution in [0.4, 0.5) is 10.5 Å². The van der Waals surface area contributed by atoms with Crippen LogP contribution in [-0.4, -0.2) is 32.4 Å². The Hall–Kier alpha value is -2.41. The Morgan fingerprint density at radius 3 is 2.14 bits per heavy atom. The molecule has 0 saturated heterocycles. The summed E-state index contributed by atoms with van der Waals surface area (Å²) < 4.78 is 18.0. The van der Waals surface area contributed by atoms with Crippen molar-refractivity contribution in [3.63, 3.8) is 0 Å². The van der Waals surface area contributed by atoms with Crippen LogP contribution < -0.4 is 24.8 Å². The molecule has 0 heterocycles. The van der Waals surface area contributed by atoms with Crippen molar-refractivity contribution in [2.24, 2.45) is 0 Å². The molecule has 0 bridgehead atoms. The minimum atomic E-state index is -0.291. The third kappa shape index (κ3) is 6.34. The summed E-state index contributed by atoms with van der Waals surface area (Å²) in [5.74, 6) is 1.63. The van der Waals surface area contributed by atoms with E-state index in [0.717, 1.165) is 16.5 Å². The highest BCUT2D eigenvalue weighted by molar-refractivity contribution is 9.10. The van der Waals surface area contributed by atoms with E-state index in [1.54, 1.807) is 12.1 Å². The number of nitrogens with one attached hydrogen (secondary N) is 2. The van der Waals surface area contributed by atoms with E-state index in [1.807, 2.05) is 45.0 Å². The standard InChI is InChI=1S/C21H27BrN2O4/c1-4-26-18-13-16(14-19(27-5-2)20(18)28-6-3)24-21(25)23-12-11-15-9-7-8-10-17(15)22/h7-10,13-14H,4-6,11-12H2,1-3H3,(H2,23,24,25). The highest BCUT2D eigenvalue weighted by Crippen LogP contribution is 2.40. The maximum Gasteiger partial charge on any atom is 0.319 e. The molecule has 0 saturated carbocycles. The zero-order valence-electron chi connectivity index (χ0n) is 16.5. The second-order valence-electron chi connectivity index (χ2n) is 5.82. The van der Waals surface area contributed by atoms with Crippen LogP contribution in [0.1, 0.15) is 26.3 Å². The van der Waals surface area contributed by atoms with Gasteiger partial charge in [0.05, 0.1) is 25.5 Å². The van der Waals surface area contributed by atoms with Gasteiger partial charge in [0.25, 0.3) is 0 Å². The lowest BCUT2D eigenvalue weighted by atomic mass is 10.1. The average molecular weight is 451 g/mol. The number of ether oxygens (including phenoxy) is 3. The van der Waals surface area contributed by atoms with Crippen LogP contribution in [0.3, 0.4) is 0 Å². The topological polar surface area (TPSA) is 68.8 Å². The Morgan fingerprint density at radius 1 is 0.964 bits per heavy atom. The van der Waals surface area contributed by atoms with Gasteiger partial charge in [-0.1, -0.05) is 34.1 Å². The predicted molar refractivity (Wildman–Crippen MR) is 115 cm³/mol. The maximum atomic E-state index is 12.3. The first-order chi connectivity index (χ1) is 13.6. The predicted octanol–water partition coefficient (Wildman–Crippen LogP) is 5.01. The van der Waals surface area contributed by atoms with Crippen molar-refractivity contribution in [3.05, 3.63) is 46.4 Å². The molecule has 7 heteroatoms. The normalized spacial score (nSPS) is 10.3. The number of carbonyl (C=O) groups is 1. The number of hydrogen-bond donors (Lipinski definition) is 2. The molecule has 0 atom stereocenters. The van der Waals surface area contributed by atoms with Gasteiger partial charge in [-0.15, -0.1) is 0 Å². The van der Waals surface area contributed by atoms with Crippen molar-refractivity contribution in [3.8, 4) is 17.2 Å². The summed E-state index contributed by atoms with van der Waals surface area (Å²) in [7, 11) is 0. The fourth-order valence-corrected chi connectivity index (χ4v) is 3.13. The van der Waals surface area contributed by atoms with Crippen LogP contribution in [0.15, 0.2) is 40.9 Å². The molecule has 0 fully saturated rings. The molecule has 2 aromatic rings. The molecule has 2 N–H and O–H groups in total. The molecule has 152 valence electrons. The Labute approximate surface area is 174 Å². The molecule has 0 spiro atoms. The number of urea groups is 1. The van der Waals surface area contributed by atoms with Crippen LogP contribution in [0.5, 0.6) is 17.2 Å². The van der Waals surface area contributed by atoms with Gasteiger partial charge in [0.1, 0.15) is 0 Å². The molecular formula is C21H27BrN2O4. The molecule has 0 radical (unpaired) electrons. The lowest BCUT2D eigenvalue weighted by Crippen LogP contribution is -2.30. The second kappa shape index (κ2) is 11.4. The largest absolute Gasteiger partial charge is 0.490 e. The molecular weight excluding hydrogens is 424 g/mol. The molecule has 28 heavy (non-hydrogen) atoms. The van der Waals surface area contributed by atoms with Crippen molar-refractivity contribution < 1.29 is 19.0 Å². The minimum absolute atomic E-state index is 0.291. The van der Waals surface area contributed by atoms with Gasteiger partial charge in [0, 0.05) is 23.2 Å². The zero-order chi connectivity index (χ0) is 20.4. The summed E-state index contributed by atoms with van der Waals surface area (Å²) in [6, 6.07) is 11.1. The summed E-state index contributed by atoms with van der Waals surface area (Å²) in [6.45, 7) is 7.65. The van der Waals surface area contributed by atoms with E-state index >= 15 is 0 Å². The Bertz CT molecular complexity index is 756. The van der Waals surface area contributed by atoms with E-state index in [-0.39, 0.29) is 6.03 Å². The molecule has 6 nitrogen and oxygen atoms in total. The third-order valence-electron chi connectivity index (χ3n) is 3.80. The molecule has 0 aromatic heterocycles. The summed E-state index contributed by atoms with van der Waals surface area (Å²) in [4.78, 5) is 12.3. The summed E-state index contributed by atoms with van der Waals surface area (Å²) >= 11 is 3.51. The first-order valence-electron chi connectivity index (χ1n) is 9.43. The number of benzene rings is 2. The molecule has 2 amide bonds. The number of hydrogen-bond acceptors (Lipinski definition) is 4. The number of amides is 2. The Kier molecular flexibility index (Phi) is 8.94. The summed E-state index contributed by atoms with van der Waals surface area (Å²) in [6.07, 6.45) is 0.729. The maximum absolute atomic E-state index is 12.3. The first kappa shape index (κ1) is 21.9. The highest BCUT2D eigenvalue weighted by atomic mass is 79.9. The van der Waals surface area contributed by atoms with Gasteiger partial charge in [-0.05, 0) is 38.8 Å². The van der Waals surface area contributed by atoms with Crippen molar-refractivity contribution in [2.75, 3.05) is 31.7 Å². The summed E-state index contributed by atoms with van der Waals surface area (Å²) in [5, 5.41) is 5.70. The fourth-order valence-electron chi connectivity index (χ4n) is 2.65. The third-order valence-corrected chi connectivity index (χ3v) is 4.58. The Balaban J connectivity index is 2.04. The summed E-state index contributed by atoms with van der Waals surface area (Å²) in [5.41, 5.74) is 1.72. The molecule has 0 aliphatic carbocycles. The zero-order valence-corrected chi connectivity index (χ0v) is 18.1. The lowest BCUT2D eigenvalue weighted by Gasteiger charge is -2.17. The highest BCUT2D eigenvalue weighted by Gasteiger charge is 2.16. The van der Waals surface area contributed by atoms with E-state index in [4.69, 9.17) is 14.2 Å². The van der Waals surface area contributed by atoms with Crippen molar-refractivity contribution in [1.82, 2.24) is 5.32 Å². The van der Waals surface area contributed by atoms with Gasteiger partial charge >= 0.3 is 6.03 Å². The number of carbonyl (C=O) groups excluding carboxylic acids is 1. The van der Waals surface area contributed by atoms with Crippen LogP contribution in [0.2, 0.25) is 0 Å². The molecule has 0 unspecified atom stereocenters. The van der Waals surface area contributed by atoms with Crippen LogP contribution >= 0.6 is 15.9 Å². The van der Waals surface area contributed by atoms with Crippen molar-refractivity contribution in [2.45, 2.75) is 27.2 Å². The first-order valence-corrected chi connectivity index (χ1v) is 10.2. The van der Waals surface area contributed by atoms with Gasteiger partial charge in [-0.25, -0.2) is 4.79 Å². The van der Waals surface area contributed by atoms with E-state index in [9.17, 15) is 4.79 Å². The smallest absolute Gasteiger partial charge is 0.319 e. The van der Waals surface area contributed by atoms with Crippen molar-refractivity contribution in [1.29, 1.82) is 0 Å². The monoisotopic (exact) mass is 450 g/mol. The van der Waals surface area contributed by atoms with Crippen molar-refractivity contribution >= 4 is 27.6 Å². The van der Waals surface area contributed by atoms with Crippen LogP contribution in [0, 0.1) is 0 Å². The minimum Gasteiger partial charge on any atom is -0.490 e. The molecule has 2 aromatic carbocycles. The average Bonchev–Trinajstić information content (AvgIpc) is 2.66. The SMILES string of the molecule is CCOc1cc(NC(=O)NCCc2ccccc2Br)cc(OCC)c1OCC. The lowest BCUT2D eigenvalue weighted by molar-refractivity contribution is 0.252. The molecule has 0 aliphatic heterocycles. The number of anilines is 1. The van der Waals surface area contributed by atoms with E-state index in [2.05, 4.69) is 26.6 Å². The van der Waals surface area contributed by atoms with Gasteiger partial charge < -0.3 is 24.8 Å². The van der Waals surface area contributed by atoms with Gasteiger partial charge in [0.2, 0.25) is 5.75 Å². The van der Waals surface area contributed by atoms with E-state index in [0.29, 0.717) is 49.3 Å². The van der Waals surface area contributed by atoms with E-state index in [1.165, 1.54) is 0 Å². The number of halogens is 1. The van der Waals surface area contributed by atoms with E-state index < -0.39 is 0 Å². The molecule has 2 rings (SSSR count). The molecule has 0 aliphatic rings. The quantitative estimate of drug-likeness (QED) is 0.533. The fraction of sp³-hybridized carbons (Fsp3) is 0.381. The van der Waals surface area contributed by atoms with Gasteiger partial charge in [-0.3, -0.25) is 0 Å². The van der Waals surface area contributed by atoms with Crippen LogP contribution in [-0.2, 0) is 6.42 Å². The van der Waals surface area contributed by atoms with Gasteiger partial charge in [0.15, 0.2) is 11.5 Å².